The van der Waals surface area contributed by atoms with Gasteiger partial charge in [-0.1, -0.05) is 36.2 Å². The van der Waals surface area contributed by atoms with Crippen LogP contribution in [0, 0.1) is 19.9 Å². The molecular weight excluding hydrogens is 339 g/mol. The van der Waals surface area contributed by atoms with Gasteiger partial charge in [0.1, 0.15) is 5.75 Å². The molecule has 0 aliphatic heterocycles. The number of aromatic nitrogens is 1. The maximum absolute atomic E-state index is 12.2. The Balaban J connectivity index is 0.00000220. The minimum Gasteiger partial charge on any atom is -0.494 e. The summed E-state index contributed by atoms with van der Waals surface area (Å²) >= 11 is 0. The van der Waals surface area contributed by atoms with Crippen molar-refractivity contribution in [1.29, 1.82) is 0 Å². The van der Waals surface area contributed by atoms with Crippen molar-refractivity contribution in [2.75, 3.05) is 6.61 Å². The van der Waals surface area contributed by atoms with Crippen molar-refractivity contribution in [3.05, 3.63) is 51.8 Å². The molecule has 1 aromatic carbocycles. The zero-order valence-corrected chi connectivity index (χ0v) is 15.9. The molecule has 1 heterocycles. The molecule has 1 radical (unpaired) electrons. The van der Waals surface area contributed by atoms with E-state index >= 15 is 0 Å². The number of benzene rings is 1. The van der Waals surface area contributed by atoms with Gasteiger partial charge in [-0.05, 0) is 26.0 Å². The first-order valence-corrected chi connectivity index (χ1v) is 6.94. The van der Waals surface area contributed by atoms with E-state index in [4.69, 9.17) is 4.74 Å². The van der Waals surface area contributed by atoms with Crippen LogP contribution in [0.4, 0.5) is 0 Å². The number of pyridine rings is 1. The Hall–Kier alpha value is -0.926. The normalized spacial score (nSPS) is 10.1. The molecule has 0 aliphatic rings. The van der Waals surface area contributed by atoms with Crippen LogP contribution in [0.25, 0.3) is 11.3 Å². The van der Waals surface area contributed by atoms with Crippen LogP contribution in [0.3, 0.4) is 0 Å². The van der Waals surface area contributed by atoms with E-state index in [1.165, 1.54) is 0 Å². The predicted octanol–water partition coefficient (Wildman–Crippen LogP) is 3.35. The maximum Gasteiger partial charge on any atom is 0.197 e. The summed E-state index contributed by atoms with van der Waals surface area (Å²) in [6.45, 7) is 9.07. The van der Waals surface area contributed by atoms with Crippen molar-refractivity contribution in [3.8, 4) is 17.0 Å². The molecule has 0 saturated heterocycles. The Bertz CT molecular complexity index is 677. The molecule has 3 nitrogen and oxygen atoms in total. The van der Waals surface area contributed by atoms with Crippen LogP contribution in [-0.4, -0.2) is 11.2 Å². The Morgan fingerprint density at radius 3 is 2.48 bits per heavy atom. The molecule has 1 aromatic heterocycles. The summed E-state index contributed by atoms with van der Waals surface area (Å²) in [6, 6.07) is 10.9. The van der Waals surface area contributed by atoms with Gasteiger partial charge in [-0.3, -0.25) is 4.79 Å². The van der Waals surface area contributed by atoms with E-state index in [9.17, 15) is 4.79 Å². The van der Waals surface area contributed by atoms with Crippen LogP contribution in [0.15, 0.2) is 29.1 Å². The average Bonchev–Trinajstić information content (AvgIpc) is 2.43. The van der Waals surface area contributed by atoms with Crippen molar-refractivity contribution < 1.29 is 37.4 Å². The summed E-state index contributed by atoms with van der Waals surface area (Å²) in [7, 11) is 0. The molecule has 0 N–H and O–H groups in total. The second-order valence-corrected chi connectivity index (χ2v) is 4.78. The molecular formula is C17H20NO2Y-. The molecule has 0 spiro atoms. The summed E-state index contributed by atoms with van der Waals surface area (Å²) in [5.41, 5.74) is 3.71. The summed E-state index contributed by atoms with van der Waals surface area (Å²) in [4.78, 5) is 12.2. The topological polar surface area (TPSA) is 31.2 Å². The van der Waals surface area contributed by atoms with E-state index in [-0.39, 0.29) is 38.3 Å². The molecule has 0 atom stereocenters. The zero-order chi connectivity index (χ0) is 14.7. The average molecular weight is 359 g/mol. The van der Waals surface area contributed by atoms with E-state index in [0.29, 0.717) is 13.2 Å². The van der Waals surface area contributed by atoms with E-state index in [0.717, 1.165) is 28.1 Å². The largest absolute Gasteiger partial charge is 0.494 e. The first-order chi connectivity index (χ1) is 9.58. The summed E-state index contributed by atoms with van der Waals surface area (Å²) in [6.07, 6.45) is 0. The molecule has 4 heteroatoms. The third-order valence-electron chi connectivity index (χ3n) is 3.36. The van der Waals surface area contributed by atoms with Gasteiger partial charge >= 0.3 is 0 Å². The van der Waals surface area contributed by atoms with E-state index in [2.05, 4.69) is 6.07 Å². The van der Waals surface area contributed by atoms with Crippen LogP contribution < -0.4 is 10.3 Å². The fourth-order valence-electron chi connectivity index (χ4n) is 2.31. The van der Waals surface area contributed by atoms with Crippen LogP contribution in [-0.2, 0) is 39.3 Å². The van der Waals surface area contributed by atoms with Crippen molar-refractivity contribution in [3.63, 3.8) is 0 Å². The molecule has 0 amide bonds. The Morgan fingerprint density at radius 2 is 1.90 bits per heavy atom. The number of hydrogen-bond donors (Lipinski definition) is 0. The summed E-state index contributed by atoms with van der Waals surface area (Å²) in [5, 5.41) is 0. The van der Waals surface area contributed by atoms with Gasteiger partial charge in [-0.2, -0.15) is 12.1 Å². The molecule has 0 bridgehead atoms. The second-order valence-electron chi connectivity index (χ2n) is 4.78. The Kier molecular flexibility index (Phi) is 6.82. The number of ether oxygens (including phenoxy) is 1. The Labute approximate surface area is 151 Å². The van der Waals surface area contributed by atoms with Gasteiger partial charge in [0.15, 0.2) is 5.56 Å². The third-order valence-corrected chi connectivity index (χ3v) is 3.36. The van der Waals surface area contributed by atoms with Gasteiger partial charge in [0.25, 0.3) is 0 Å². The van der Waals surface area contributed by atoms with Gasteiger partial charge in [0.05, 0.1) is 6.61 Å². The minimum absolute atomic E-state index is 0. The number of nitrogens with zero attached hydrogens (tertiary/aromatic N) is 1. The van der Waals surface area contributed by atoms with Gasteiger partial charge in [-0.25, -0.2) is 0 Å². The first-order valence-electron chi connectivity index (χ1n) is 6.94. The van der Waals surface area contributed by atoms with Gasteiger partial charge in [0.2, 0.25) is 0 Å². The van der Waals surface area contributed by atoms with Crippen molar-refractivity contribution >= 4 is 0 Å². The first kappa shape index (κ1) is 18.1. The maximum atomic E-state index is 12.2. The molecule has 21 heavy (non-hydrogen) atoms. The predicted molar refractivity (Wildman–Crippen MR) is 81.3 cm³/mol. The fourth-order valence-corrected chi connectivity index (χ4v) is 2.31. The van der Waals surface area contributed by atoms with Crippen molar-refractivity contribution in [1.82, 2.24) is 4.57 Å². The third kappa shape index (κ3) is 3.84. The van der Waals surface area contributed by atoms with Crippen LogP contribution in [0.1, 0.15) is 25.0 Å². The fraction of sp³-hybridized carbons (Fsp3) is 0.353. The molecule has 2 rings (SSSR count). The van der Waals surface area contributed by atoms with E-state index < -0.39 is 0 Å². The van der Waals surface area contributed by atoms with E-state index in [1.54, 1.807) is 10.6 Å². The van der Waals surface area contributed by atoms with Gasteiger partial charge in [0, 0.05) is 39.3 Å². The number of aryl methyl sites for hydroxylation is 2. The van der Waals surface area contributed by atoms with Crippen LogP contribution in [0.2, 0.25) is 0 Å². The molecule has 0 saturated carbocycles. The SMILES string of the molecule is CCOc1ccc(-c2[c-]cc(C)c(=O)n2CC)c(C)c1.[Y]. The molecule has 2 aromatic rings. The second kappa shape index (κ2) is 7.91. The molecule has 109 valence electrons. The quantitative estimate of drug-likeness (QED) is 0.784. The van der Waals surface area contributed by atoms with Gasteiger partial charge in [-0.15, -0.1) is 6.07 Å². The number of rotatable bonds is 4. The van der Waals surface area contributed by atoms with Crippen LogP contribution >= 0.6 is 0 Å². The number of hydrogen-bond acceptors (Lipinski definition) is 2. The van der Waals surface area contributed by atoms with Crippen LogP contribution in [0.5, 0.6) is 5.75 Å². The summed E-state index contributed by atoms with van der Waals surface area (Å²) in [5.74, 6) is 0.853. The molecule has 0 fully saturated rings. The molecule has 0 aliphatic carbocycles. The van der Waals surface area contributed by atoms with E-state index in [1.807, 2.05) is 45.9 Å². The zero-order valence-electron chi connectivity index (χ0n) is 13.1. The standard InChI is InChI=1S/C17H20NO2.Y/c1-5-18-16(10-7-12(3)17(18)19)15-9-8-14(20-6-2)11-13(15)4;/h7-9,11H,5-6H2,1-4H3;/q-1;. The van der Waals surface area contributed by atoms with Gasteiger partial charge < -0.3 is 9.30 Å². The smallest absolute Gasteiger partial charge is 0.197 e. The Morgan fingerprint density at radius 1 is 1.19 bits per heavy atom. The minimum atomic E-state index is 0. The summed E-state index contributed by atoms with van der Waals surface area (Å²) < 4.78 is 7.26. The molecule has 0 unspecified atom stereocenters. The monoisotopic (exact) mass is 359 g/mol. The van der Waals surface area contributed by atoms with Crippen molar-refractivity contribution in [2.24, 2.45) is 0 Å². The van der Waals surface area contributed by atoms with Crippen molar-refractivity contribution in [2.45, 2.75) is 34.2 Å².